The van der Waals surface area contributed by atoms with E-state index in [9.17, 15) is 4.79 Å². The number of nitrogens with zero attached hydrogens (tertiary/aromatic N) is 1. The van der Waals surface area contributed by atoms with E-state index in [1.165, 1.54) is 0 Å². The van der Waals surface area contributed by atoms with Gasteiger partial charge in [-0.1, -0.05) is 12.1 Å². The van der Waals surface area contributed by atoms with Gasteiger partial charge in [0, 0.05) is 23.5 Å². The van der Waals surface area contributed by atoms with E-state index in [0.29, 0.717) is 18.2 Å². The molecule has 2 N–H and O–H groups in total. The zero-order valence-electron chi connectivity index (χ0n) is 13.8. The Morgan fingerprint density at radius 3 is 2.59 bits per heavy atom. The minimum Gasteiger partial charge on any atom is -0.450 e. The number of hydrogen-bond acceptors (Lipinski definition) is 3. The van der Waals surface area contributed by atoms with Crippen LogP contribution in [0.3, 0.4) is 0 Å². The second-order valence-corrected chi connectivity index (χ2v) is 6.60. The normalized spacial score (nSPS) is 21.8. The number of fused-ring (bicyclic) bond motifs is 1. The Balaban J connectivity index is 2.04. The van der Waals surface area contributed by atoms with Crippen molar-refractivity contribution in [2.75, 3.05) is 13.1 Å². The molecule has 0 saturated carbocycles. The predicted octanol–water partition coefficient (Wildman–Crippen LogP) is 3.17. The fourth-order valence-electron chi connectivity index (χ4n) is 3.61. The topological polar surface area (TPSA) is 59.5 Å². The molecule has 1 aromatic heterocycles. The average Bonchev–Trinajstić information content (AvgIpc) is 3.04. The van der Waals surface area contributed by atoms with Crippen LogP contribution >= 0.6 is 0 Å². The third kappa shape index (κ3) is 2.22. The molecule has 22 heavy (non-hydrogen) atoms. The van der Waals surface area contributed by atoms with Crippen molar-refractivity contribution in [2.24, 2.45) is 11.7 Å². The number of likely N-dealkylation sites (tertiary alicyclic amines) is 1. The Labute approximate surface area is 131 Å². The van der Waals surface area contributed by atoms with Gasteiger partial charge in [0.2, 0.25) is 0 Å². The molecule has 2 heterocycles. The van der Waals surface area contributed by atoms with Crippen molar-refractivity contribution in [3.8, 4) is 0 Å². The smallest absolute Gasteiger partial charge is 0.290 e. The maximum atomic E-state index is 12.9. The van der Waals surface area contributed by atoms with Crippen molar-refractivity contribution in [1.82, 2.24) is 4.90 Å². The van der Waals surface area contributed by atoms with Crippen molar-refractivity contribution in [3.05, 3.63) is 34.6 Å². The Kier molecular flexibility index (Phi) is 3.73. The first-order valence-corrected chi connectivity index (χ1v) is 7.94. The molecule has 1 amide bonds. The van der Waals surface area contributed by atoms with Gasteiger partial charge in [0.15, 0.2) is 5.76 Å². The number of benzene rings is 1. The largest absolute Gasteiger partial charge is 0.450 e. The quantitative estimate of drug-likeness (QED) is 0.926. The van der Waals surface area contributed by atoms with Crippen LogP contribution < -0.4 is 5.73 Å². The molecule has 1 aliphatic rings. The van der Waals surface area contributed by atoms with Gasteiger partial charge in [-0.3, -0.25) is 4.79 Å². The van der Waals surface area contributed by atoms with E-state index in [1.54, 1.807) is 0 Å². The van der Waals surface area contributed by atoms with Crippen LogP contribution in [0.2, 0.25) is 0 Å². The number of nitrogens with two attached hydrogens (primary N) is 1. The number of rotatable bonds is 2. The molecule has 4 heteroatoms. The van der Waals surface area contributed by atoms with Gasteiger partial charge in [-0.15, -0.1) is 0 Å². The van der Waals surface area contributed by atoms with E-state index in [2.05, 4.69) is 19.9 Å². The summed E-state index contributed by atoms with van der Waals surface area (Å²) < 4.78 is 5.98. The van der Waals surface area contributed by atoms with Crippen LogP contribution in [0.1, 0.15) is 40.6 Å². The molecular formula is C18H24N2O2. The third-order valence-electron chi connectivity index (χ3n) is 4.93. The Bertz CT molecular complexity index is 732. The number of furan rings is 1. The summed E-state index contributed by atoms with van der Waals surface area (Å²) in [6, 6.07) is 4.34. The van der Waals surface area contributed by atoms with E-state index in [1.807, 2.05) is 24.8 Å². The summed E-state index contributed by atoms with van der Waals surface area (Å²) in [7, 11) is 0. The Hall–Kier alpha value is -1.81. The molecule has 1 saturated heterocycles. The number of carbonyl (C=O) groups is 1. The van der Waals surface area contributed by atoms with Crippen LogP contribution in [0.4, 0.5) is 0 Å². The van der Waals surface area contributed by atoms with Gasteiger partial charge in [0.05, 0.1) is 0 Å². The highest BCUT2D eigenvalue weighted by Crippen LogP contribution is 2.33. The molecule has 3 rings (SSSR count). The van der Waals surface area contributed by atoms with Crippen LogP contribution in [-0.2, 0) is 0 Å². The molecule has 4 nitrogen and oxygen atoms in total. The van der Waals surface area contributed by atoms with Crippen LogP contribution in [-0.4, -0.2) is 29.9 Å². The highest BCUT2D eigenvalue weighted by atomic mass is 16.3. The summed E-state index contributed by atoms with van der Waals surface area (Å²) in [5, 5.41) is 1.07. The monoisotopic (exact) mass is 300 g/mol. The lowest BCUT2D eigenvalue weighted by atomic mass is 10.0. The van der Waals surface area contributed by atoms with Gasteiger partial charge in [0.1, 0.15) is 5.58 Å². The van der Waals surface area contributed by atoms with Crippen molar-refractivity contribution in [1.29, 1.82) is 0 Å². The average molecular weight is 300 g/mol. The zero-order valence-corrected chi connectivity index (χ0v) is 13.8. The summed E-state index contributed by atoms with van der Waals surface area (Å²) in [4.78, 5) is 14.8. The molecule has 2 aromatic rings. The molecule has 2 unspecified atom stereocenters. The first-order chi connectivity index (χ1) is 10.4. The standard InChI is InChI=1S/C18H24N2O2/c1-10-5-6-11(2)16-15(10)13(4)17(22-16)18(21)20-9-14(8-19)7-12(20)3/h5-6,12,14H,7-9,19H2,1-4H3. The second-order valence-electron chi connectivity index (χ2n) is 6.60. The molecule has 0 radical (unpaired) electrons. The Morgan fingerprint density at radius 1 is 1.32 bits per heavy atom. The van der Waals surface area contributed by atoms with Crippen LogP contribution in [0, 0.1) is 26.7 Å². The number of hydrogen-bond donors (Lipinski definition) is 1. The van der Waals surface area contributed by atoms with E-state index < -0.39 is 0 Å². The molecule has 1 fully saturated rings. The highest BCUT2D eigenvalue weighted by Gasteiger charge is 2.34. The van der Waals surface area contributed by atoms with E-state index in [4.69, 9.17) is 10.2 Å². The van der Waals surface area contributed by atoms with Crippen LogP contribution in [0.5, 0.6) is 0 Å². The third-order valence-corrected chi connectivity index (χ3v) is 4.93. The molecular weight excluding hydrogens is 276 g/mol. The lowest BCUT2D eigenvalue weighted by Crippen LogP contribution is -2.34. The van der Waals surface area contributed by atoms with E-state index in [0.717, 1.165) is 40.6 Å². The Morgan fingerprint density at radius 2 is 2.00 bits per heavy atom. The maximum Gasteiger partial charge on any atom is 0.290 e. The van der Waals surface area contributed by atoms with Crippen LogP contribution in [0.15, 0.2) is 16.5 Å². The lowest BCUT2D eigenvalue weighted by molar-refractivity contribution is 0.0712. The minimum atomic E-state index is -0.00375. The molecule has 0 bridgehead atoms. The summed E-state index contributed by atoms with van der Waals surface area (Å²) >= 11 is 0. The maximum absolute atomic E-state index is 12.9. The van der Waals surface area contributed by atoms with Crippen molar-refractivity contribution >= 4 is 16.9 Å². The van der Waals surface area contributed by atoms with E-state index >= 15 is 0 Å². The predicted molar refractivity (Wildman–Crippen MR) is 88.1 cm³/mol. The molecule has 1 aromatic carbocycles. The summed E-state index contributed by atoms with van der Waals surface area (Å²) in [6.07, 6.45) is 0.972. The molecule has 118 valence electrons. The SMILES string of the molecule is Cc1ccc(C)c2c(C)c(C(=O)N3CC(CN)CC3C)oc12. The fraction of sp³-hybridized carbons (Fsp3) is 0.500. The van der Waals surface area contributed by atoms with Gasteiger partial charge in [-0.25, -0.2) is 0 Å². The first-order valence-electron chi connectivity index (χ1n) is 7.94. The van der Waals surface area contributed by atoms with Crippen molar-refractivity contribution in [2.45, 2.75) is 40.2 Å². The lowest BCUT2D eigenvalue weighted by Gasteiger charge is -2.20. The minimum absolute atomic E-state index is 0.00375. The van der Waals surface area contributed by atoms with Gasteiger partial charge < -0.3 is 15.1 Å². The van der Waals surface area contributed by atoms with Crippen molar-refractivity contribution in [3.63, 3.8) is 0 Å². The summed E-state index contributed by atoms with van der Waals surface area (Å²) in [5.41, 5.74) is 9.77. The number of aryl methyl sites for hydroxylation is 3. The van der Waals surface area contributed by atoms with Gasteiger partial charge in [-0.2, -0.15) is 0 Å². The second kappa shape index (κ2) is 5.43. The number of amides is 1. The molecule has 0 aliphatic carbocycles. The molecule has 2 atom stereocenters. The highest BCUT2D eigenvalue weighted by molar-refractivity contribution is 6.00. The molecule has 1 aliphatic heterocycles. The summed E-state index contributed by atoms with van der Waals surface area (Å²) in [6.45, 7) is 9.49. The van der Waals surface area contributed by atoms with Gasteiger partial charge >= 0.3 is 0 Å². The molecule has 0 spiro atoms. The zero-order chi connectivity index (χ0) is 16.0. The van der Waals surface area contributed by atoms with Gasteiger partial charge in [-0.05, 0) is 57.7 Å². The van der Waals surface area contributed by atoms with Crippen molar-refractivity contribution < 1.29 is 9.21 Å². The van der Waals surface area contributed by atoms with E-state index in [-0.39, 0.29) is 11.9 Å². The first kappa shape index (κ1) is 15.1. The summed E-state index contributed by atoms with van der Waals surface area (Å²) in [5.74, 6) is 0.875. The van der Waals surface area contributed by atoms with Gasteiger partial charge in [0.25, 0.3) is 5.91 Å². The fourth-order valence-corrected chi connectivity index (χ4v) is 3.61. The van der Waals surface area contributed by atoms with Crippen LogP contribution in [0.25, 0.3) is 11.0 Å². The number of carbonyl (C=O) groups excluding carboxylic acids is 1.